The first-order chi connectivity index (χ1) is 10.7. The summed E-state index contributed by atoms with van der Waals surface area (Å²) in [6.07, 6.45) is 2.88. The van der Waals surface area contributed by atoms with Crippen molar-refractivity contribution in [1.29, 1.82) is 0 Å². The Kier molecular flexibility index (Phi) is 6.34. The predicted octanol–water partition coefficient (Wildman–Crippen LogP) is 4.31. The lowest BCUT2D eigenvalue weighted by molar-refractivity contribution is 0.626. The number of hydrogen-bond donors (Lipinski definition) is 2. The van der Waals surface area contributed by atoms with Crippen molar-refractivity contribution in [3.63, 3.8) is 0 Å². The van der Waals surface area contributed by atoms with Crippen LogP contribution in [-0.4, -0.2) is 11.7 Å². The standard InChI is InChI=1S/C18H21FN2S/c1-2-14-7-11-17(12-8-14)21-18(22)20-13-3-4-15-5-9-16(19)10-6-15/h5-12H,2-4,13H2,1H3,(H2,20,21,22). The number of benzene rings is 2. The second-order valence-corrected chi connectivity index (χ2v) is 5.57. The molecule has 2 N–H and O–H groups in total. The number of hydrogen-bond acceptors (Lipinski definition) is 1. The lowest BCUT2D eigenvalue weighted by Gasteiger charge is -2.11. The normalized spacial score (nSPS) is 10.3. The Morgan fingerprint density at radius 1 is 1.00 bits per heavy atom. The molecule has 0 aliphatic rings. The summed E-state index contributed by atoms with van der Waals surface area (Å²) in [6, 6.07) is 14.9. The van der Waals surface area contributed by atoms with Gasteiger partial charge in [-0.15, -0.1) is 0 Å². The summed E-state index contributed by atoms with van der Waals surface area (Å²) < 4.78 is 12.8. The number of aryl methyl sites for hydroxylation is 2. The second-order valence-electron chi connectivity index (χ2n) is 5.16. The number of nitrogens with one attached hydrogen (secondary N) is 2. The maximum atomic E-state index is 12.8. The Morgan fingerprint density at radius 3 is 2.27 bits per heavy atom. The van der Waals surface area contributed by atoms with Crippen molar-refractivity contribution < 1.29 is 4.39 Å². The monoisotopic (exact) mass is 316 g/mol. The fraction of sp³-hybridized carbons (Fsp3) is 0.278. The van der Waals surface area contributed by atoms with E-state index < -0.39 is 0 Å². The zero-order chi connectivity index (χ0) is 15.8. The highest BCUT2D eigenvalue weighted by Gasteiger charge is 1.98. The van der Waals surface area contributed by atoms with Crippen molar-refractivity contribution in [1.82, 2.24) is 5.32 Å². The van der Waals surface area contributed by atoms with E-state index >= 15 is 0 Å². The van der Waals surface area contributed by atoms with Gasteiger partial charge in [-0.1, -0.05) is 31.2 Å². The molecule has 0 aromatic heterocycles. The highest BCUT2D eigenvalue weighted by molar-refractivity contribution is 7.80. The van der Waals surface area contributed by atoms with Gasteiger partial charge in [0.05, 0.1) is 0 Å². The SMILES string of the molecule is CCc1ccc(NC(=S)NCCCc2ccc(F)cc2)cc1. The van der Waals surface area contributed by atoms with E-state index in [1.807, 2.05) is 24.3 Å². The highest BCUT2D eigenvalue weighted by atomic mass is 32.1. The molecule has 4 heteroatoms. The first-order valence-corrected chi connectivity index (χ1v) is 7.96. The van der Waals surface area contributed by atoms with Crippen molar-refractivity contribution in [3.8, 4) is 0 Å². The molecule has 0 heterocycles. The van der Waals surface area contributed by atoms with Crippen LogP contribution in [0.4, 0.5) is 10.1 Å². The third kappa shape index (κ3) is 5.45. The minimum Gasteiger partial charge on any atom is -0.362 e. The molecule has 22 heavy (non-hydrogen) atoms. The van der Waals surface area contributed by atoms with Gasteiger partial charge in [0, 0.05) is 12.2 Å². The van der Waals surface area contributed by atoms with Crippen LogP contribution in [0.2, 0.25) is 0 Å². The summed E-state index contributed by atoms with van der Waals surface area (Å²) in [7, 11) is 0. The average molecular weight is 316 g/mol. The fourth-order valence-corrected chi connectivity index (χ4v) is 2.36. The quantitative estimate of drug-likeness (QED) is 0.613. The maximum Gasteiger partial charge on any atom is 0.170 e. The van der Waals surface area contributed by atoms with Crippen molar-refractivity contribution in [2.45, 2.75) is 26.2 Å². The second kappa shape index (κ2) is 8.49. The van der Waals surface area contributed by atoms with Gasteiger partial charge in [-0.25, -0.2) is 4.39 Å². The molecule has 0 spiro atoms. The van der Waals surface area contributed by atoms with Crippen LogP contribution in [0.5, 0.6) is 0 Å². The van der Waals surface area contributed by atoms with Gasteiger partial charge in [0.15, 0.2) is 5.11 Å². The van der Waals surface area contributed by atoms with Gasteiger partial charge in [0.2, 0.25) is 0 Å². The minimum absolute atomic E-state index is 0.193. The van der Waals surface area contributed by atoms with E-state index in [4.69, 9.17) is 12.2 Å². The number of halogens is 1. The molecule has 0 unspecified atom stereocenters. The molecule has 2 nitrogen and oxygen atoms in total. The maximum absolute atomic E-state index is 12.8. The molecule has 2 aromatic rings. The highest BCUT2D eigenvalue weighted by Crippen LogP contribution is 2.10. The van der Waals surface area contributed by atoms with Gasteiger partial charge < -0.3 is 10.6 Å². The molecule has 2 rings (SSSR count). The van der Waals surface area contributed by atoms with Crippen LogP contribution in [0.25, 0.3) is 0 Å². The number of thiocarbonyl (C=S) groups is 1. The lowest BCUT2D eigenvalue weighted by atomic mass is 10.1. The van der Waals surface area contributed by atoms with E-state index in [0.717, 1.165) is 37.1 Å². The van der Waals surface area contributed by atoms with Gasteiger partial charge in [-0.3, -0.25) is 0 Å². The van der Waals surface area contributed by atoms with E-state index in [1.54, 1.807) is 0 Å². The molecule has 0 aliphatic heterocycles. The molecule has 0 atom stereocenters. The topological polar surface area (TPSA) is 24.1 Å². The number of anilines is 1. The Hall–Kier alpha value is -1.94. The van der Waals surface area contributed by atoms with Crippen LogP contribution >= 0.6 is 12.2 Å². The molecule has 0 saturated heterocycles. The molecule has 116 valence electrons. The van der Waals surface area contributed by atoms with Gasteiger partial charge in [0.25, 0.3) is 0 Å². The average Bonchev–Trinajstić information content (AvgIpc) is 2.54. The van der Waals surface area contributed by atoms with Gasteiger partial charge in [-0.05, 0) is 66.9 Å². The predicted molar refractivity (Wildman–Crippen MR) is 94.8 cm³/mol. The molecule has 0 amide bonds. The Labute approximate surface area is 136 Å². The number of rotatable bonds is 6. The van der Waals surface area contributed by atoms with Gasteiger partial charge in [0.1, 0.15) is 5.82 Å². The Morgan fingerprint density at radius 2 is 1.64 bits per heavy atom. The van der Waals surface area contributed by atoms with Crippen LogP contribution in [0, 0.1) is 5.82 Å². The fourth-order valence-electron chi connectivity index (χ4n) is 2.14. The summed E-state index contributed by atoms with van der Waals surface area (Å²) in [5, 5.41) is 6.99. The Bertz CT molecular complexity index is 593. The third-order valence-electron chi connectivity index (χ3n) is 3.46. The molecule has 2 aromatic carbocycles. The molecule has 0 aliphatic carbocycles. The Balaban J connectivity index is 1.67. The van der Waals surface area contributed by atoms with Crippen LogP contribution in [-0.2, 0) is 12.8 Å². The molecule has 0 radical (unpaired) electrons. The first kappa shape index (κ1) is 16.4. The van der Waals surface area contributed by atoms with E-state index in [9.17, 15) is 4.39 Å². The van der Waals surface area contributed by atoms with E-state index in [2.05, 4.69) is 29.7 Å². The first-order valence-electron chi connectivity index (χ1n) is 7.55. The molecule has 0 bridgehead atoms. The van der Waals surface area contributed by atoms with E-state index in [0.29, 0.717) is 5.11 Å². The lowest BCUT2D eigenvalue weighted by Crippen LogP contribution is -2.29. The van der Waals surface area contributed by atoms with Crippen LogP contribution in [0.3, 0.4) is 0 Å². The van der Waals surface area contributed by atoms with E-state index in [1.165, 1.54) is 17.7 Å². The summed E-state index contributed by atoms with van der Waals surface area (Å²) in [5.41, 5.74) is 3.44. The van der Waals surface area contributed by atoms with Crippen LogP contribution in [0.1, 0.15) is 24.5 Å². The summed E-state index contributed by atoms with van der Waals surface area (Å²) in [4.78, 5) is 0. The smallest absolute Gasteiger partial charge is 0.170 e. The minimum atomic E-state index is -0.193. The van der Waals surface area contributed by atoms with Gasteiger partial charge in [-0.2, -0.15) is 0 Å². The third-order valence-corrected chi connectivity index (χ3v) is 3.71. The van der Waals surface area contributed by atoms with Crippen molar-refractivity contribution in [3.05, 3.63) is 65.5 Å². The molecule has 0 fully saturated rings. The summed E-state index contributed by atoms with van der Waals surface area (Å²) >= 11 is 5.27. The largest absolute Gasteiger partial charge is 0.362 e. The van der Waals surface area contributed by atoms with Gasteiger partial charge >= 0.3 is 0 Å². The van der Waals surface area contributed by atoms with Crippen LogP contribution in [0.15, 0.2) is 48.5 Å². The zero-order valence-electron chi connectivity index (χ0n) is 12.7. The molecular weight excluding hydrogens is 295 g/mol. The molecular formula is C18H21FN2S. The molecule has 0 saturated carbocycles. The van der Waals surface area contributed by atoms with Crippen molar-refractivity contribution >= 4 is 23.0 Å². The van der Waals surface area contributed by atoms with E-state index in [-0.39, 0.29) is 5.82 Å². The summed E-state index contributed by atoms with van der Waals surface area (Å²) in [6.45, 7) is 2.92. The zero-order valence-corrected chi connectivity index (χ0v) is 13.5. The summed E-state index contributed by atoms with van der Waals surface area (Å²) in [5.74, 6) is -0.193. The van der Waals surface area contributed by atoms with Crippen molar-refractivity contribution in [2.75, 3.05) is 11.9 Å². The van der Waals surface area contributed by atoms with Crippen molar-refractivity contribution in [2.24, 2.45) is 0 Å². The van der Waals surface area contributed by atoms with Crippen LogP contribution < -0.4 is 10.6 Å².